The van der Waals surface area contributed by atoms with E-state index in [0.29, 0.717) is 12.0 Å². The fourth-order valence-electron chi connectivity index (χ4n) is 4.51. The van der Waals surface area contributed by atoms with E-state index in [9.17, 15) is 0 Å². The van der Waals surface area contributed by atoms with Crippen LogP contribution in [0.4, 0.5) is 11.6 Å². The van der Waals surface area contributed by atoms with Gasteiger partial charge < -0.3 is 14.4 Å². The van der Waals surface area contributed by atoms with Crippen LogP contribution in [0.1, 0.15) is 41.5 Å². The quantitative estimate of drug-likeness (QED) is 0.328. The van der Waals surface area contributed by atoms with Crippen LogP contribution < -0.4 is 14.9 Å². The molecule has 0 saturated carbocycles. The summed E-state index contributed by atoms with van der Waals surface area (Å²) in [5, 5.41) is 10.7. The summed E-state index contributed by atoms with van der Waals surface area (Å²) in [7, 11) is 1.93. The average molecular weight is 416 g/mol. The number of aromatic amines is 1. The zero-order valence-corrected chi connectivity index (χ0v) is 17.8. The number of likely N-dealkylation sites (tertiary alicyclic amines) is 1. The average Bonchev–Trinajstić information content (AvgIpc) is 3.42. The fourth-order valence-corrected chi connectivity index (χ4v) is 4.91. The summed E-state index contributed by atoms with van der Waals surface area (Å²) in [6.45, 7) is 4.40. The van der Waals surface area contributed by atoms with Crippen LogP contribution in [0, 0.1) is 0 Å². The van der Waals surface area contributed by atoms with Gasteiger partial charge >= 0.3 is 6.01 Å². The molecule has 3 N–H and O–H groups in total. The minimum absolute atomic E-state index is 0.332. The summed E-state index contributed by atoms with van der Waals surface area (Å²) in [6, 6.07) is 2.77. The molecule has 1 aliphatic heterocycles. The molecule has 0 bridgehead atoms. The van der Waals surface area contributed by atoms with Crippen LogP contribution in [0.2, 0.25) is 0 Å². The van der Waals surface area contributed by atoms with Crippen molar-refractivity contribution >= 4 is 23.9 Å². The molecule has 0 unspecified atom stereocenters. The van der Waals surface area contributed by atoms with Gasteiger partial charge in [0.15, 0.2) is 12.2 Å². The predicted molar refractivity (Wildman–Crippen MR) is 115 cm³/mol. The third kappa shape index (κ3) is 4.23. The van der Waals surface area contributed by atoms with Gasteiger partial charge in [-0.3, -0.25) is 0 Å². The summed E-state index contributed by atoms with van der Waals surface area (Å²) >= 11 is 1.20. The van der Waals surface area contributed by atoms with Crippen molar-refractivity contribution in [2.24, 2.45) is 0 Å². The minimum atomic E-state index is 0.332. The molecule has 1 saturated heterocycles. The van der Waals surface area contributed by atoms with Crippen molar-refractivity contribution in [1.82, 2.24) is 29.9 Å². The second kappa shape index (κ2) is 8.51. The van der Waals surface area contributed by atoms with Crippen LogP contribution in [0.25, 0.3) is 0 Å². The third-order valence-corrected chi connectivity index (χ3v) is 6.69. The van der Waals surface area contributed by atoms with Gasteiger partial charge in [-0.05, 0) is 80.3 Å². The van der Waals surface area contributed by atoms with Crippen LogP contribution in [0.3, 0.4) is 0 Å². The van der Waals surface area contributed by atoms with Gasteiger partial charge in [-0.15, -0.1) is 5.10 Å². The monoisotopic (exact) mass is 415 g/mol. The Hall–Kier alpha value is -1.81. The van der Waals surface area contributed by atoms with Crippen molar-refractivity contribution in [3.8, 4) is 6.01 Å². The van der Waals surface area contributed by atoms with Crippen molar-refractivity contribution < 1.29 is 4.18 Å². The van der Waals surface area contributed by atoms with Gasteiger partial charge in [-0.2, -0.15) is 9.40 Å². The number of benzene rings is 1. The smallest absolute Gasteiger partial charge is 0.350 e. The second-order valence-corrected chi connectivity index (χ2v) is 8.95. The van der Waals surface area contributed by atoms with E-state index in [-0.39, 0.29) is 0 Å². The number of aryl methyl sites for hydroxylation is 2. The van der Waals surface area contributed by atoms with Crippen molar-refractivity contribution in [1.29, 1.82) is 0 Å². The molecule has 0 atom stereocenters. The van der Waals surface area contributed by atoms with Crippen LogP contribution in [0.5, 0.6) is 6.01 Å². The van der Waals surface area contributed by atoms with E-state index in [1.165, 1.54) is 85.4 Å². The molecule has 1 aromatic carbocycles. The highest BCUT2D eigenvalue weighted by molar-refractivity contribution is 7.92. The number of nitrogens with zero attached hydrogens (tertiary/aromatic N) is 4. The van der Waals surface area contributed by atoms with Gasteiger partial charge in [0.25, 0.3) is 0 Å². The van der Waals surface area contributed by atoms with E-state index in [1.54, 1.807) is 0 Å². The Bertz CT molecular complexity index is 835. The molecular weight excluding hydrogens is 386 g/mol. The van der Waals surface area contributed by atoms with E-state index < -0.39 is 0 Å². The Morgan fingerprint density at radius 3 is 2.59 bits per heavy atom. The summed E-state index contributed by atoms with van der Waals surface area (Å²) in [4.78, 5) is 6.90. The highest BCUT2D eigenvalue weighted by atomic mass is 32.2. The van der Waals surface area contributed by atoms with Gasteiger partial charge in [0.1, 0.15) is 0 Å². The minimum Gasteiger partial charge on any atom is -0.370 e. The van der Waals surface area contributed by atoms with E-state index in [2.05, 4.69) is 36.9 Å². The largest absolute Gasteiger partial charge is 0.370 e. The summed E-state index contributed by atoms with van der Waals surface area (Å²) in [6.07, 6.45) is 8.48. The molecule has 2 heterocycles. The van der Waals surface area contributed by atoms with Crippen LogP contribution in [-0.4, -0.2) is 57.7 Å². The molecule has 3 aliphatic rings. The van der Waals surface area contributed by atoms with Crippen molar-refractivity contribution in [3.63, 3.8) is 0 Å². The van der Waals surface area contributed by atoms with Gasteiger partial charge in [0.2, 0.25) is 5.95 Å². The first-order valence-electron chi connectivity index (χ1n) is 10.7. The predicted octanol–water partition coefficient (Wildman–Crippen LogP) is 2.61. The number of rotatable bonds is 9. The van der Waals surface area contributed by atoms with E-state index >= 15 is 0 Å². The maximum absolute atomic E-state index is 5.64. The highest BCUT2D eigenvalue weighted by Gasteiger charge is 2.24. The van der Waals surface area contributed by atoms with Crippen LogP contribution in [-0.2, 0) is 25.7 Å². The molecule has 29 heavy (non-hydrogen) atoms. The lowest BCUT2D eigenvalue weighted by Gasteiger charge is -2.31. The summed E-state index contributed by atoms with van der Waals surface area (Å²) in [5.41, 5.74) is 10.5. The number of aromatic nitrogens is 3. The number of nitrogens with one attached hydrogen (secondary N) is 3. The topological polar surface area (TPSA) is 81.3 Å². The SMILES string of the molecule is CN(NCCN1CCC1)SOc1n[nH]c(Nc2c3c(cc4c2CCC4)CCC3)n1. The van der Waals surface area contributed by atoms with Gasteiger partial charge in [0.05, 0.1) is 0 Å². The summed E-state index contributed by atoms with van der Waals surface area (Å²) < 4.78 is 7.49. The van der Waals surface area contributed by atoms with Gasteiger partial charge in [-0.25, -0.2) is 10.5 Å². The Morgan fingerprint density at radius 1 is 1.14 bits per heavy atom. The molecule has 8 nitrogen and oxygen atoms in total. The van der Waals surface area contributed by atoms with Crippen molar-refractivity contribution in [2.75, 3.05) is 38.5 Å². The Labute approximate surface area is 176 Å². The zero-order valence-electron chi connectivity index (χ0n) is 17.0. The van der Waals surface area contributed by atoms with Crippen molar-refractivity contribution in [2.45, 2.75) is 44.9 Å². The molecule has 0 amide bonds. The second-order valence-electron chi connectivity index (χ2n) is 8.08. The first-order valence-corrected chi connectivity index (χ1v) is 11.4. The molecule has 1 fully saturated rings. The normalized spacial score (nSPS) is 18.0. The fraction of sp³-hybridized carbons (Fsp3) is 0.600. The first-order chi connectivity index (χ1) is 14.3. The standard InChI is InChI=1S/C20H29N7OS/c1-26(21-9-12-27-10-4-11-27)29-28-20-23-19(24-25-20)22-18-16-7-2-5-14(16)13-15-6-3-8-17(15)18/h13,21H,2-12H2,1H3,(H2,22,23,24,25). The van der Waals surface area contributed by atoms with E-state index in [4.69, 9.17) is 4.18 Å². The van der Waals surface area contributed by atoms with Gasteiger partial charge in [0, 0.05) is 25.8 Å². The van der Waals surface area contributed by atoms with Crippen LogP contribution >= 0.6 is 12.2 Å². The lowest BCUT2D eigenvalue weighted by molar-refractivity contribution is 0.174. The number of fused-ring (bicyclic) bond motifs is 2. The number of hydrogen-bond donors (Lipinski definition) is 3. The van der Waals surface area contributed by atoms with Gasteiger partial charge in [-0.1, -0.05) is 6.07 Å². The molecule has 5 rings (SSSR count). The molecule has 2 aliphatic carbocycles. The zero-order chi connectivity index (χ0) is 19.6. The molecule has 0 spiro atoms. The Morgan fingerprint density at radius 2 is 1.90 bits per heavy atom. The molecule has 9 heteroatoms. The van der Waals surface area contributed by atoms with E-state index in [1.807, 2.05) is 11.5 Å². The number of H-pyrrole nitrogens is 1. The summed E-state index contributed by atoms with van der Waals surface area (Å²) in [5.74, 6) is 0.642. The maximum atomic E-state index is 5.64. The molecule has 2 aromatic rings. The number of anilines is 2. The lowest BCUT2D eigenvalue weighted by atomic mass is 9.99. The Kier molecular flexibility index (Phi) is 5.63. The Balaban J connectivity index is 1.17. The van der Waals surface area contributed by atoms with Crippen molar-refractivity contribution in [3.05, 3.63) is 28.3 Å². The molecule has 156 valence electrons. The molecule has 0 radical (unpaired) electrons. The van der Waals surface area contributed by atoms with E-state index in [0.717, 1.165) is 25.9 Å². The lowest BCUT2D eigenvalue weighted by Crippen LogP contribution is -2.43. The number of hydrazine groups is 1. The first kappa shape index (κ1) is 19.2. The molecule has 1 aromatic heterocycles. The highest BCUT2D eigenvalue weighted by Crippen LogP contribution is 2.39. The molecular formula is C20H29N7OS. The number of hydrogen-bond acceptors (Lipinski definition) is 8. The van der Waals surface area contributed by atoms with Crippen LogP contribution in [0.15, 0.2) is 6.07 Å². The third-order valence-electron chi connectivity index (χ3n) is 6.12. The maximum Gasteiger partial charge on any atom is 0.350 e.